The first-order valence-electron chi connectivity index (χ1n) is 10.3. The van der Waals surface area contributed by atoms with Crippen molar-refractivity contribution in [2.45, 2.75) is 44.7 Å². The van der Waals surface area contributed by atoms with E-state index in [9.17, 15) is 0 Å². The minimum absolute atomic E-state index is 0.419. The van der Waals surface area contributed by atoms with Crippen LogP contribution in [0.1, 0.15) is 49.3 Å². The van der Waals surface area contributed by atoms with Gasteiger partial charge in [-0.25, -0.2) is 9.97 Å². The SMILES string of the molecule is CN(C)Cc1ccc(C2CCCN2c2cc(N3CCCCC3)ncn2)cc1. The van der Waals surface area contributed by atoms with E-state index >= 15 is 0 Å². The Morgan fingerprint density at radius 3 is 2.41 bits per heavy atom. The molecular formula is C22H31N5. The molecule has 0 radical (unpaired) electrons. The quantitative estimate of drug-likeness (QED) is 0.804. The van der Waals surface area contributed by atoms with Crippen LogP contribution < -0.4 is 9.80 Å². The van der Waals surface area contributed by atoms with Crippen LogP contribution in [0.15, 0.2) is 36.7 Å². The highest BCUT2D eigenvalue weighted by molar-refractivity contribution is 5.52. The largest absolute Gasteiger partial charge is 0.356 e. The van der Waals surface area contributed by atoms with E-state index in [1.807, 2.05) is 0 Å². The first-order chi connectivity index (χ1) is 13.2. The van der Waals surface area contributed by atoms with Crippen molar-refractivity contribution < 1.29 is 0 Å². The molecule has 0 spiro atoms. The van der Waals surface area contributed by atoms with Gasteiger partial charge >= 0.3 is 0 Å². The van der Waals surface area contributed by atoms with Crippen molar-refractivity contribution in [3.8, 4) is 0 Å². The average Bonchev–Trinajstić information content (AvgIpc) is 3.19. The summed E-state index contributed by atoms with van der Waals surface area (Å²) in [7, 11) is 4.23. The molecule has 2 aromatic rings. The molecule has 2 aliphatic rings. The maximum atomic E-state index is 4.63. The molecule has 0 amide bonds. The van der Waals surface area contributed by atoms with Crippen LogP contribution in [0.4, 0.5) is 11.6 Å². The molecule has 144 valence electrons. The number of aromatic nitrogens is 2. The Labute approximate surface area is 163 Å². The van der Waals surface area contributed by atoms with Gasteiger partial charge < -0.3 is 14.7 Å². The van der Waals surface area contributed by atoms with Crippen LogP contribution in [0.5, 0.6) is 0 Å². The lowest BCUT2D eigenvalue weighted by atomic mass is 10.0. The van der Waals surface area contributed by atoms with Gasteiger partial charge in [0.05, 0.1) is 6.04 Å². The Kier molecular flexibility index (Phi) is 5.58. The van der Waals surface area contributed by atoms with Gasteiger partial charge in [-0.15, -0.1) is 0 Å². The summed E-state index contributed by atoms with van der Waals surface area (Å²) >= 11 is 0. The first kappa shape index (κ1) is 18.2. The van der Waals surface area contributed by atoms with Crippen LogP contribution in [0.2, 0.25) is 0 Å². The van der Waals surface area contributed by atoms with E-state index in [2.05, 4.69) is 69.1 Å². The summed E-state index contributed by atoms with van der Waals surface area (Å²) in [6, 6.07) is 11.8. The molecule has 5 nitrogen and oxygen atoms in total. The minimum Gasteiger partial charge on any atom is -0.356 e. The molecule has 2 saturated heterocycles. The summed E-state index contributed by atoms with van der Waals surface area (Å²) in [6.45, 7) is 4.29. The van der Waals surface area contributed by atoms with Gasteiger partial charge in [0.1, 0.15) is 18.0 Å². The maximum absolute atomic E-state index is 4.63. The highest BCUT2D eigenvalue weighted by Crippen LogP contribution is 2.36. The Morgan fingerprint density at radius 1 is 0.926 bits per heavy atom. The molecule has 0 saturated carbocycles. The van der Waals surface area contributed by atoms with Crippen LogP contribution in [0.3, 0.4) is 0 Å². The molecule has 1 aromatic carbocycles. The fourth-order valence-electron chi connectivity index (χ4n) is 4.39. The summed E-state index contributed by atoms with van der Waals surface area (Å²) in [4.78, 5) is 16.3. The van der Waals surface area contributed by atoms with E-state index in [0.717, 1.165) is 37.8 Å². The molecule has 4 rings (SSSR count). The Balaban J connectivity index is 1.52. The van der Waals surface area contributed by atoms with Crippen molar-refractivity contribution in [3.63, 3.8) is 0 Å². The van der Waals surface area contributed by atoms with Gasteiger partial charge in [0.25, 0.3) is 0 Å². The van der Waals surface area contributed by atoms with Gasteiger partial charge in [0.2, 0.25) is 0 Å². The van der Waals surface area contributed by atoms with E-state index < -0.39 is 0 Å². The lowest BCUT2D eigenvalue weighted by Gasteiger charge is -2.30. The third-order valence-corrected chi connectivity index (χ3v) is 5.73. The number of hydrogen-bond donors (Lipinski definition) is 0. The van der Waals surface area contributed by atoms with Gasteiger partial charge in [-0.2, -0.15) is 0 Å². The molecule has 1 unspecified atom stereocenters. The van der Waals surface area contributed by atoms with Crippen LogP contribution in [-0.4, -0.2) is 48.6 Å². The number of nitrogens with zero attached hydrogens (tertiary/aromatic N) is 5. The molecule has 1 aromatic heterocycles. The van der Waals surface area contributed by atoms with Gasteiger partial charge in [0.15, 0.2) is 0 Å². The zero-order valence-electron chi connectivity index (χ0n) is 16.6. The average molecular weight is 366 g/mol. The number of benzene rings is 1. The van der Waals surface area contributed by atoms with Gasteiger partial charge in [-0.05, 0) is 57.3 Å². The monoisotopic (exact) mass is 365 g/mol. The standard InChI is InChI=1S/C22H31N5/c1-25(2)16-18-8-10-19(11-9-18)20-7-6-14-27(20)22-15-21(23-17-24-22)26-12-4-3-5-13-26/h8-11,15,17,20H,3-7,12-14,16H2,1-2H3. The third-order valence-electron chi connectivity index (χ3n) is 5.73. The predicted molar refractivity (Wildman–Crippen MR) is 111 cm³/mol. The van der Waals surface area contributed by atoms with Crippen molar-refractivity contribution in [1.29, 1.82) is 0 Å². The predicted octanol–water partition coefficient (Wildman–Crippen LogP) is 3.87. The normalized spacial score (nSPS) is 20.5. The second-order valence-corrected chi connectivity index (χ2v) is 8.11. The number of rotatable bonds is 5. The van der Waals surface area contributed by atoms with Crippen molar-refractivity contribution in [2.24, 2.45) is 0 Å². The van der Waals surface area contributed by atoms with E-state index in [0.29, 0.717) is 6.04 Å². The molecule has 0 bridgehead atoms. The van der Waals surface area contributed by atoms with Crippen molar-refractivity contribution in [3.05, 3.63) is 47.8 Å². The lowest BCUT2D eigenvalue weighted by Crippen LogP contribution is -2.31. The maximum Gasteiger partial charge on any atom is 0.134 e. The highest BCUT2D eigenvalue weighted by Gasteiger charge is 2.27. The molecular weight excluding hydrogens is 334 g/mol. The summed E-state index contributed by atoms with van der Waals surface area (Å²) < 4.78 is 0. The summed E-state index contributed by atoms with van der Waals surface area (Å²) in [5, 5.41) is 0. The van der Waals surface area contributed by atoms with E-state index in [4.69, 9.17) is 0 Å². The number of piperidine rings is 1. The fourth-order valence-corrected chi connectivity index (χ4v) is 4.39. The summed E-state index contributed by atoms with van der Waals surface area (Å²) in [6.07, 6.45) is 8.03. The minimum atomic E-state index is 0.419. The second-order valence-electron chi connectivity index (χ2n) is 8.11. The third kappa shape index (κ3) is 4.24. The van der Waals surface area contributed by atoms with Gasteiger partial charge in [0, 0.05) is 32.2 Å². The highest BCUT2D eigenvalue weighted by atomic mass is 15.3. The topological polar surface area (TPSA) is 35.5 Å². The summed E-state index contributed by atoms with van der Waals surface area (Å²) in [5.74, 6) is 2.16. The lowest BCUT2D eigenvalue weighted by molar-refractivity contribution is 0.402. The summed E-state index contributed by atoms with van der Waals surface area (Å²) in [5.41, 5.74) is 2.76. The molecule has 1 atom stereocenters. The Bertz CT molecular complexity index is 737. The van der Waals surface area contributed by atoms with E-state index in [1.54, 1.807) is 6.33 Å². The van der Waals surface area contributed by atoms with Crippen LogP contribution in [0, 0.1) is 0 Å². The van der Waals surface area contributed by atoms with Gasteiger partial charge in [-0.3, -0.25) is 0 Å². The van der Waals surface area contributed by atoms with Crippen LogP contribution in [0.25, 0.3) is 0 Å². The molecule has 2 fully saturated rings. The van der Waals surface area contributed by atoms with Crippen LogP contribution >= 0.6 is 0 Å². The molecule has 2 aliphatic heterocycles. The van der Waals surface area contributed by atoms with E-state index in [1.165, 1.54) is 43.2 Å². The number of anilines is 2. The van der Waals surface area contributed by atoms with Crippen molar-refractivity contribution >= 4 is 11.6 Å². The van der Waals surface area contributed by atoms with Crippen molar-refractivity contribution in [2.75, 3.05) is 43.5 Å². The Morgan fingerprint density at radius 2 is 1.67 bits per heavy atom. The van der Waals surface area contributed by atoms with Crippen molar-refractivity contribution in [1.82, 2.24) is 14.9 Å². The first-order valence-corrected chi connectivity index (χ1v) is 10.3. The fraction of sp³-hybridized carbons (Fsp3) is 0.545. The zero-order chi connectivity index (χ0) is 18.6. The molecule has 0 N–H and O–H groups in total. The zero-order valence-corrected chi connectivity index (χ0v) is 16.6. The van der Waals surface area contributed by atoms with Gasteiger partial charge in [-0.1, -0.05) is 24.3 Å². The molecule has 27 heavy (non-hydrogen) atoms. The molecule has 5 heteroatoms. The number of hydrogen-bond acceptors (Lipinski definition) is 5. The van der Waals surface area contributed by atoms with Crippen LogP contribution in [-0.2, 0) is 6.54 Å². The smallest absolute Gasteiger partial charge is 0.134 e. The second kappa shape index (κ2) is 8.26. The Hall–Kier alpha value is -2.14. The molecule has 3 heterocycles. The van der Waals surface area contributed by atoms with E-state index in [-0.39, 0.29) is 0 Å². The molecule has 0 aliphatic carbocycles.